The number of ether oxygens (including phenoxy) is 1. The molecule has 8 heteroatoms. The van der Waals surface area contributed by atoms with Crippen molar-refractivity contribution >= 4 is 16.1 Å². The Morgan fingerprint density at radius 2 is 1.71 bits per heavy atom. The highest BCUT2D eigenvalue weighted by molar-refractivity contribution is 7.89. The Morgan fingerprint density at radius 3 is 2.42 bits per heavy atom. The number of fused-ring (bicyclic) bond motifs is 1. The van der Waals surface area contributed by atoms with E-state index in [9.17, 15) is 13.2 Å². The van der Waals surface area contributed by atoms with Gasteiger partial charge in [-0.3, -0.25) is 0 Å². The van der Waals surface area contributed by atoms with E-state index in [4.69, 9.17) is 4.74 Å². The molecule has 0 unspecified atom stereocenters. The number of carbonyl (C=O) groups is 1. The highest BCUT2D eigenvalue weighted by Crippen LogP contribution is 2.39. The average molecular weight is 448 g/mol. The summed E-state index contributed by atoms with van der Waals surface area (Å²) < 4.78 is 33.9. The van der Waals surface area contributed by atoms with Crippen LogP contribution in [-0.4, -0.2) is 80.0 Å². The quantitative estimate of drug-likeness (QED) is 0.714. The number of sulfonamides is 1. The van der Waals surface area contributed by atoms with Gasteiger partial charge in [-0.1, -0.05) is 6.07 Å². The monoisotopic (exact) mass is 447 g/mol. The van der Waals surface area contributed by atoms with Crippen molar-refractivity contribution in [2.75, 3.05) is 39.9 Å². The average Bonchev–Trinajstić information content (AvgIpc) is 3.02. The molecule has 3 heterocycles. The van der Waals surface area contributed by atoms with Crippen LogP contribution in [0, 0.1) is 0 Å². The molecule has 1 aromatic carbocycles. The van der Waals surface area contributed by atoms with Crippen LogP contribution in [0.3, 0.4) is 0 Å². The fourth-order valence-corrected chi connectivity index (χ4v) is 7.55. The fraction of sp³-hybridized carbons (Fsp3) is 0.696. The first-order valence-corrected chi connectivity index (χ1v) is 13.1. The number of benzene rings is 1. The Bertz CT molecular complexity index is 950. The molecule has 0 atom stereocenters. The summed E-state index contributed by atoms with van der Waals surface area (Å²) in [7, 11) is -1.63. The third kappa shape index (κ3) is 3.66. The van der Waals surface area contributed by atoms with Gasteiger partial charge in [0.15, 0.2) is 0 Å². The van der Waals surface area contributed by atoms with Crippen LogP contribution in [0.1, 0.15) is 49.7 Å². The van der Waals surface area contributed by atoms with Crippen LogP contribution < -0.4 is 0 Å². The van der Waals surface area contributed by atoms with E-state index in [0.29, 0.717) is 44.0 Å². The van der Waals surface area contributed by atoms with E-state index in [1.54, 1.807) is 10.4 Å². The predicted molar refractivity (Wildman–Crippen MR) is 118 cm³/mol. The molecule has 0 bridgehead atoms. The highest BCUT2D eigenvalue weighted by Gasteiger charge is 2.52. The van der Waals surface area contributed by atoms with Crippen molar-refractivity contribution in [2.24, 2.45) is 0 Å². The predicted octanol–water partition coefficient (Wildman–Crippen LogP) is 2.64. The minimum atomic E-state index is -3.50. The number of nitrogens with zero attached hydrogens (tertiary/aromatic N) is 3. The van der Waals surface area contributed by atoms with Crippen LogP contribution in [0.25, 0.3) is 0 Å². The van der Waals surface area contributed by atoms with Gasteiger partial charge in [-0.25, -0.2) is 13.2 Å². The molecule has 0 radical (unpaired) electrons. The van der Waals surface area contributed by atoms with Crippen LogP contribution >= 0.6 is 0 Å². The van der Waals surface area contributed by atoms with Gasteiger partial charge in [0.2, 0.25) is 10.0 Å². The zero-order valence-corrected chi connectivity index (χ0v) is 19.2. The van der Waals surface area contributed by atoms with Gasteiger partial charge in [0.1, 0.15) is 0 Å². The van der Waals surface area contributed by atoms with E-state index in [0.717, 1.165) is 38.6 Å². The maximum absolute atomic E-state index is 13.3. The number of carbonyl (C=O) groups excluding carboxylic acids is 1. The van der Waals surface area contributed by atoms with E-state index in [1.807, 2.05) is 24.1 Å². The summed E-state index contributed by atoms with van der Waals surface area (Å²) in [5.74, 6) is 0. The molecule has 2 amide bonds. The molecule has 7 nitrogen and oxygen atoms in total. The van der Waals surface area contributed by atoms with Gasteiger partial charge < -0.3 is 14.5 Å². The molecular weight excluding hydrogens is 414 g/mol. The van der Waals surface area contributed by atoms with Gasteiger partial charge in [0.05, 0.1) is 10.4 Å². The summed E-state index contributed by atoms with van der Waals surface area (Å²) in [6.45, 7) is 3.03. The number of piperidine rings is 1. The molecule has 3 aliphatic heterocycles. The Morgan fingerprint density at radius 1 is 1.03 bits per heavy atom. The van der Waals surface area contributed by atoms with Crippen molar-refractivity contribution < 1.29 is 17.9 Å². The molecule has 1 aliphatic carbocycles. The van der Waals surface area contributed by atoms with Crippen molar-refractivity contribution in [1.82, 2.24) is 14.1 Å². The topological polar surface area (TPSA) is 70.2 Å². The zero-order valence-electron chi connectivity index (χ0n) is 18.4. The molecule has 0 aromatic heterocycles. The number of rotatable bonds is 3. The first-order chi connectivity index (χ1) is 14.9. The van der Waals surface area contributed by atoms with Gasteiger partial charge in [0.25, 0.3) is 0 Å². The van der Waals surface area contributed by atoms with Crippen LogP contribution in [0.5, 0.6) is 0 Å². The van der Waals surface area contributed by atoms with Crippen molar-refractivity contribution in [3.05, 3.63) is 29.3 Å². The van der Waals surface area contributed by atoms with Crippen molar-refractivity contribution in [3.63, 3.8) is 0 Å². The van der Waals surface area contributed by atoms with Gasteiger partial charge in [-0.2, -0.15) is 4.31 Å². The van der Waals surface area contributed by atoms with Crippen LogP contribution in [0.15, 0.2) is 23.1 Å². The first kappa shape index (κ1) is 21.2. The lowest BCUT2D eigenvalue weighted by Crippen LogP contribution is -2.57. The molecule has 5 rings (SSSR count). The maximum Gasteiger partial charge on any atom is 0.320 e. The summed E-state index contributed by atoms with van der Waals surface area (Å²) >= 11 is 0. The van der Waals surface area contributed by atoms with E-state index in [1.165, 1.54) is 17.5 Å². The molecule has 4 aliphatic rings. The third-order valence-electron chi connectivity index (χ3n) is 7.74. The molecule has 1 aromatic rings. The van der Waals surface area contributed by atoms with Crippen LogP contribution in [-0.2, 0) is 27.6 Å². The maximum atomic E-state index is 13.3. The van der Waals surface area contributed by atoms with E-state index in [2.05, 4.69) is 4.90 Å². The first-order valence-electron chi connectivity index (χ1n) is 11.6. The number of likely N-dealkylation sites (N-methyl/N-ethyl adjacent to an activating group) is 1. The fourth-order valence-electron chi connectivity index (χ4n) is 6.03. The van der Waals surface area contributed by atoms with Crippen LogP contribution in [0.4, 0.5) is 4.79 Å². The molecule has 170 valence electrons. The molecule has 0 saturated carbocycles. The largest absolute Gasteiger partial charge is 0.381 e. The standard InChI is InChI=1S/C23H33N3O4S/c1-24-17-23(10-14-30-15-11-23)26(22(24)27)20-8-12-25(13-9-20)31(28,29)21-7-6-18-4-2-3-5-19(18)16-21/h6-7,16,20H,2-5,8-15,17H2,1H3. The minimum Gasteiger partial charge on any atom is -0.381 e. The summed E-state index contributed by atoms with van der Waals surface area (Å²) in [6.07, 6.45) is 7.42. The lowest BCUT2D eigenvalue weighted by Gasteiger charge is -2.46. The number of amides is 2. The van der Waals surface area contributed by atoms with Gasteiger partial charge >= 0.3 is 6.03 Å². The lowest BCUT2D eigenvalue weighted by molar-refractivity contribution is -0.0129. The molecular formula is C23H33N3O4S. The summed E-state index contributed by atoms with van der Waals surface area (Å²) in [5.41, 5.74) is 2.32. The van der Waals surface area contributed by atoms with Crippen molar-refractivity contribution in [2.45, 2.75) is 67.8 Å². The molecule has 1 spiro atoms. The second kappa shape index (κ2) is 8.05. The van der Waals surface area contributed by atoms with E-state index >= 15 is 0 Å². The molecule has 3 fully saturated rings. The summed E-state index contributed by atoms with van der Waals surface area (Å²) in [4.78, 5) is 17.3. The van der Waals surface area contributed by atoms with E-state index < -0.39 is 10.0 Å². The Balaban J connectivity index is 1.31. The van der Waals surface area contributed by atoms with Gasteiger partial charge in [0, 0.05) is 45.9 Å². The zero-order chi connectivity index (χ0) is 21.6. The smallest absolute Gasteiger partial charge is 0.320 e. The summed E-state index contributed by atoms with van der Waals surface area (Å²) in [6, 6.07) is 5.85. The van der Waals surface area contributed by atoms with Gasteiger partial charge in [-0.15, -0.1) is 0 Å². The van der Waals surface area contributed by atoms with Crippen molar-refractivity contribution in [1.29, 1.82) is 0 Å². The summed E-state index contributed by atoms with van der Waals surface area (Å²) in [5, 5.41) is 0. The number of aryl methyl sites for hydroxylation is 2. The third-order valence-corrected chi connectivity index (χ3v) is 9.64. The molecule has 0 N–H and O–H groups in total. The Labute approximate surface area is 185 Å². The number of urea groups is 1. The molecule has 31 heavy (non-hydrogen) atoms. The second-order valence-corrected chi connectivity index (χ2v) is 11.6. The Kier molecular flexibility index (Phi) is 5.51. The van der Waals surface area contributed by atoms with Crippen LogP contribution in [0.2, 0.25) is 0 Å². The second-order valence-electron chi connectivity index (χ2n) is 9.62. The lowest BCUT2D eigenvalue weighted by atomic mass is 9.87. The minimum absolute atomic E-state index is 0.0814. The number of hydrogen-bond acceptors (Lipinski definition) is 4. The number of hydrogen-bond donors (Lipinski definition) is 0. The molecule has 3 saturated heterocycles. The normalized spacial score (nSPS) is 25.3. The van der Waals surface area contributed by atoms with E-state index in [-0.39, 0.29) is 17.6 Å². The highest BCUT2D eigenvalue weighted by atomic mass is 32.2. The Hall–Kier alpha value is -1.64. The van der Waals surface area contributed by atoms with Crippen molar-refractivity contribution in [3.8, 4) is 0 Å². The van der Waals surface area contributed by atoms with Gasteiger partial charge in [-0.05, 0) is 74.6 Å². The SMILES string of the molecule is CN1CC2(CCOCC2)N(C2CCN(S(=O)(=O)c3ccc4c(c3)CCCC4)CC2)C1=O.